The normalized spacial score (nSPS) is 43.6. The van der Waals surface area contributed by atoms with E-state index in [-0.39, 0.29) is 18.3 Å². The Morgan fingerprint density at radius 2 is 2.46 bits per heavy atom. The Kier molecular flexibility index (Phi) is 2.19. The van der Waals surface area contributed by atoms with Gasteiger partial charge in [0.15, 0.2) is 12.6 Å². The van der Waals surface area contributed by atoms with Crippen LogP contribution in [-0.4, -0.2) is 38.5 Å². The average molecular weight is 184 g/mol. The van der Waals surface area contributed by atoms with Crippen molar-refractivity contribution >= 4 is 6.29 Å². The summed E-state index contributed by atoms with van der Waals surface area (Å²) < 4.78 is 15.8. The van der Waals surface area contributed by atoms with Gasteiger partial charge in [0.2, 0.25) is 0 Å². The lowest BCUT2D eigenvalue weighted by Gasteiger charge is -2.14. The van der Waals surface area contributed by atoms with E-state index in [1.54, 1.807) is 7.11 Å². The van der Waals surface area contributed by atoms with E-state index in [1.165, 1.54) is 0 Å². The second kappa shape index (κ2) is 3.21. The van der Waals surface area contributed by atoms with E-state index in [4.69, 9.17) is 14.2 Å². The first-order chi connectivity index (χ1) is 6.27. The van der Waals surface area contributed by atoms with Gasteiger partial charge in [-0.15, -0.1) is 0 Å². The molecule has 2 aliphatic rings. The van der Waals surface area contributed by atoms with Crippen molar-refractivity contribution in [1.82, 2.24) is 0 Å². The molecule has 0 amide bonds. The Hall–Kier alpha value is -0.710. The highest BCUT2D eigenvalue weighted by Gasteiger charge is 2.50. The van der Waals surface area contributed by atoms with Crippen LogP contribution in [0.3, 0.4) is 0 Å². The molecule has 0 spiro atoms. The van der Waals surface area contributed by atoms with E-state index >= 15 is 0 Å². The van der Waals surface area contributed by atoms with Crippen molar-refractivity contribution in [2.45, 2.75) is 18.5 Å². The molecule has 4 heteroatoms. The highest BCUT2D eigenvalue weighted by molar-refractivity contribution is 5.58. The van der Waals surface area contributed by atoms with Crippen LogP contribution < -0.4 is 0 Å². The standard InChI is InChI=1S/C9H12O4/c1-5-4-12-8-6(3-10)13-9(11-2)7(5)8/h3,6-9H,1,4H2,2H3/t6-,7+,8+,9-/m1/s1. The number of aldehydes is 1. The summed E-state index contributed by atoms with van der Waals surface area (Å²) in [4.78, 5) is 10.6. The lowest BCUT2D eigenvalue weighted by Crippen LogP contribution is -2.26. The van der Waals surface area contributed by atoms with Crippen molar-refractivity contribution in [3.63, 3.8) is 0 Å². The van der Waals surface area contributed by atoms with Gasteiger partial charge in [-0.05, 0) is 5.57 Å². The molecule has 2 fully saturated rings. The highest BCUT2D eigenvalue weighted by atomic mass is 16.7. The third-order valence-corrected chi connectivity index (χ3v) is 2.56. The van der Waals surface area contributed by atoms with Crippen molar-refractivity contribution in [2.75, 3.05) is 13.7 Å². The van der Waals surface area contributed by atoms with Crippen LogP contribution in [0.15, 0.2) is 12.2 Å². The number of fused-ring (bicyclic) bond motifs is 1. The number of methoxy groups -OCH3 is 1. The third-order valence-electron chi connectivity index (χ3n) is 2.56. The fourth-order valence-corrected chi connectivity index (χ4v) is 1.91. The summed E-state index contributed by atoms with van der Waals surface area (Å²) in [5.41, 5.74) is 0.946. The average Bonchev–Trinajstić information content (AvgIpc) is 2.67. The number of hydrogen-bond donors (Lipinski definition) is 0. The SMILES string of the molecule is C=C1CO[C@@H]2[C@H]1[C@H](OC)O[C@@H]2C=O. The molecule has 2 heterocycles. The van der Waals surface area contributed by atoms with Gasteiger partial charge < -0.3 is 19.0 Å². The minimum Gasteiger partial charge on any atom is -0.370 e. The van der Waals surface area contributed by atoms with Gasteiger partial charge in [-0.2, -0.15) is 0 Å². The third kappa shape index (κ3) is 1.22. The van der Waals surface area contributed by atoms with Crippen molar-refractivity contribution < 1.29 is 19.0 Å². The molecule has 0 saturated carbocycles. The first-order valence-electron chi connectivity index (χ1n) is 4.20. The molecule has 0 aromatic rings. The molecule has 2 rings (SSSR count). The van der Waals surface area contributed by atoms with Crippen molar-refractivity contribution in [2.24, 2.45) is 5.92 Å². The summed E-state index contributed by atoms with van der Waals surface area (Å²) in [6, 6.07) is 0. The quantitative estimate of drug-likeness (QED) is 0.452. The van der Waals surface area contributed by atoms with Gasteiger partial charge in [0.25, 0.3) is 0 Å². The maximum absolute atomic E-state index is 10.6. The number of carbonyl (C=O) groups excluding carboxylic acids is 1. The molecule has 4 nitrogen and oxygen atoms in total. The molecule has 72 valence electrons. The van der Waals surface area contributed by atoms with Gasteiger partial charge in [-0.25, -0.2) is 0 Å². The van der Waals surface area contributed by atoms with Crippen LogP contribution in [0.25, 0.3) is 0 Å². The van der Waals surface area contributed by atoms with Gasteiger partial charge in [0, 0.05) is 7.11 Å². The number of ether oxygens (including phenoxy) is 3. The van der Waals surface area contributed by atoms with E-state index in [1.807, 2.05) is 0 Å². The van der Waals surface area contributed by atoms with E-state index in [0.717, 1.165) is 11.9 Å². The number of rotatable bonds is 2. The zero-order valence-electron chi connectivity index (χ0n) is 7.43. The van der Waals surface area contributed by atoms with E-state index in [0.29, 0.717) is 6.61 Å². The van der Waals surface area contributed by atoms with Crippen molar-refractivity contribution in [3.8, 4) is 0 Å². The Balaban J connectivity index is 2.20. The summed E-state index contributed by atoms with van der Waals surface area (Å²) in [5.74, 6) is 0.0141. The predicted octanol–water partition coefficient (Wildman–Crippen LogP) is 0.128. The summed E-state index contributed by atoms with van der Waals surface area (Å²) in [7, 11) is 1.56. The topological polar surface area (TPSA) is 44.8 Å². The van der Waals surface area contributed by atoms with Gasteiger partial charge in [0.1, 0.15) is 12.2 Å². The fraction of sp³-hybridized carbons (Fsp3) is 0.667. The van der Waals surface area contributed by atoms with Gasteiger partial charge >= 0.3 is 0 Å². The van der Waals surface area contributed by atoms with Crippen LogP contribution in [0.2, 0.25) is 0 Å². The van der Waals surface area contributed by atoms with Crippen LogP contribution in [0.4, 0.5) is 0 Å². The summed E-state index contributed by atoms with van der Waals surface area (Å²) in [6.45, 7) is 4.37. The molecule has 0 radical (unpaired) electrons. The van der Waals surface area contributed by atoms with E-state index in [2.05, 4.69) is 6.58 Å². The summed E-state index contributed by atoms with van der Waals surface area (Å²) >= 11 is 0. The summed E-state index contributed by atoms with van der Waals surface area (Å²) in [6.07, 6.45) is -0.325. The van der Waals surface area contributed by atoms with Crippen LogP contribution in [0, 0.1) is 5.92 Å². The van der Waals surface area contributed by atoms with Crippen LogP contribution in [0.5, 0.6) is 0 Å². The Morgan fingerprint density at radius 1 is 1.69 bits per heavy atom. The second-order valence-corrected chi connectivity index (χ2v) is 3.30. The predicted molar refractivity (Wildman–Crippen MR) is 44.1 cm³/mol. The van der Waals surface area contributed by atoms with Gasteiger partial charge in [-0.1, -0.05) is 6.58 Å². The highest BCUT2D eigenvalue weighted by Crippen LogP contribution is 2.38. The molecule has 4 atom stereocenters. The molecule has 13 heavy (non-hydrogen) atoms. The minimum absolute atomic E-state index is 0.0141. The maximum Gasteiger partial charge on any atom is 0.167 e. The zero-order valence-corrected chi connectivity index (χ0v) is 7.43. The molecule has 2 saturated heterocycles. The molecule has 0 aromatic carbocycles. The van der Waals surface area contributed by atoms with Gasteiger partial charge in [0.05, 0.1) is 12.5 Å². The number of hydrogen-bond acceptors (Lipinski definition) is 4. The first-order valence-corrected chi connectivity index (χ1v) is 4.20. The van der Waals surface area contributed by atoms with Crippen LogP contribution in [-0.2, 0) is 19.0 Å². The molecule has 0 aliphatic carbocycles. The largest absolute Gasteiger partial charge is 0.370 e. The zero-order chi connectivity index (χ0) is 9.42. The second-order valence-electron chi connectivity index (χ2n) is 3.30. The Labute approximate surface area is 76.5 Å². The molecule has 0 unspecified atom stereocenters. The summed E-state index contributed by atoms with van der Waals surface area (Å²) in [5, 5.41) is 0. The lowest BCUT2D eigenvalue weighted by atomic mass is 9.97. The van der Waals surface area contributed by atoms with Crippen molar-refractivity contribution in [1.29, 1.82) is 0 Å². The molecule has 0 N–H and O–H groups in total. The maximum atomic E-state index is 10.6. The van der Waals surface area contributed by atoms with E-state index < -0.39 is 6.10 Å². The molecule has 2 aliphatic heterocycles. The van der Waals surface area contributed by atoms with E-state index in [9.17, 15) is 4.79 Å². The Bertz CT molecular complexity index is 238. The molecule has 0 bridgehead atoms. The van der Waals surface area contributed by atoms with Crippen molar-refractivity contribution in [3.05, 3.63) is 12.2 Å². The Morgan fingerprint density at radius 3 is 3.08 bits per heavy atom. The smallest absolute Gasteiger partial charge is 0.167 e. The molecular formula is C9H12O4. The monoisotopic (exact) mass is 184 g/mol. The van der Waals surface area contributed by atoms with Crippen LogP contribution >= 0.6 is 0 Å². The lowest BCUT2D eigenvalue weighted by molar-refractivity contribution is -0.145. The number of carbonyl (C=O) groups is 1. The fourth-order valence-electron chi connectivity index (χ4n) is 1.91. The molecule has 0 aromatic heterocycles. The van der Waals surface area contributed by atoms with Gasteiger partial charge in [-0.3, -0.25) is 0 Å². The first kappa shape index (κ1) is 8.87. The minimum atomic E-state index is -0.505. The van der Waals surface area contributed by atoms with Crippen LogP contribution in [0.1, 0.15) is 0 Å². The molecular weight excluding hydrogens is 172 g/mol.